The minimum atomic E-state index is -0.00978. The lowest BCUT2D eigenvalue weighted by molar-refractivity contribution is 0.0493. The lowest BCUT2D eigenvalue weighted by Crippen LogP contribution is -2.28. The SMILES string of the molecule is CCCC(CC)(Pc1c(C)cccc1CNCc1ccccc1)c1cc(C(C)(C)C)cc(C)c1OCOC. The predicted molar refractivity (Wildman–Crippen MR) is 165 cm³/mol. The zero-order valence-electron chi connectivity index (χ0n) is 24.8. The fourth-order valence-corrected chi connectivity index (χ4v) is 7.21. The molecule has 0 amide bonds. The topological polar surface area (TPSA) is 30.5 Å². The largest absolute Gasteiger partial charge is 0.467 e. The average molecular weight is 534 g/mol. The van der Waals surface area contributed by atoms with Crippen LogP contribution in [-0.2, 0) is 28.4 Å². The van der Waals surface area contributed by atoms with Crippen molar-refractivity contribution in [2.75, 3.05) is 13.9 Å². The highest BCUT2D eigenvalue weighted by Gasteiger charge is 2.36. The zero-order chi connectivity index (χ0) is 27.8. The number of hydrogen-bond donors (Lipinski definition) is 1. The van der Waals surface area contributed by atoms with Crippen LogP contribution in [-0.4, -0.2) is 13.9 Å². The van der Waals surface area contributed by atoms with Crippen LogP contribution in [0.15, 0.2) is 60.7 Å². The molecule has 206 valence electrons. The monoisotopic (exact) mass is 533 g/mol. The van der Waals surface area contributed by atoms with Gasteiger partial charge in [0.25, 0.3) is 0 Å². The third kappa shape index (κ3) is 7.47. The van der Waals surface area contributed by atoms with Crippen LogP contribution in [0, 0.1) is 13.8 Å². The van der Waals surface area contributed by atoms with Crippen LogP contribution in [0.2, 0.25) is 0 Å². The minimum absolute atomic E-state index is 0.00978. The van der Waals surface area contributed by atoms with E-state index in [1.807, 2.05) is 0 Å². The summed E-state index contributed by atoms with van der Waals surface area (Å²) in [5, 5.41) is 5.18. The average Bonchev–Trinajstić information content (AvgIpc) is 2.89. The Balaban J connectivity index is 2.07. The molecule has 0 aromatic heterocycles. The maximum absolute atomic E-state index is 6.32. The number of aryl methyl sites for hydroxylation is 2. The van der Waals surface area contributed by atoms with Gasteiger partial charge in [0.05, 0.1) is 0 Å². The van der Waals surface area contributed by atoms with E-state index in [1.165, 1.54) is 38.7 Å². The molecule has 0 radical (unpaired) electrons. The molecule has 3 nitrogen and oxygen atoms in total. The summed E-state index contributed by atoms with van der Waals surface area (Å²) in [6.45, 7) is 18.0. The fraction of sp³-hybridized carbons (Fsp3) is 0.471. The van der Waals surface area contributed by atoms with Gasteiger partial charge >= 0.3 is 0 Å². The van der Waals surface area contributed by atoms with Crippen molar-refractivity contribution in [3.05, 3.63) is 94.0 Å². The van der Waals surface area contributed by atoms with Gasteiger partial charge in [-0.15, -0.1) is 0 Å². The number of methoxy groups -OCH3 is 1. The summed E-state index contributed by atoms with van der Waals surface area (Å²) in [5.74, 6) is 1.000. The molecule has 4 heteroatoms. The normalized spacial score (nSPS) is 13.7. The number of benzene rings is 3. The molecule has 3 aromatic rings. The fourth-order valence-electron chi connectivity index (χ4n) is 5.25. The Hall–Kier alpha value is -2.19. The molecule has 0 spiro atoms. The van der Waals surface area contributed by atoms with Gasteiger partial charge in [0, 0.05) is 30.9 Å². The summed E-state index contributed by atoms with van der Waals surface area (Å²) in [7, 11) is 2.34. The second-order valence-electron chi connectivity index (χ2n) is 11.5. The lowest BCUT2D eigenvalue weighted by atomic mass is 9.81. The van der Waals surface area contributed by atoms with Gasteiger partial charge in [-0.25, -0.2) is 0 Å². The molecule has 0 bridgehead atoms. The van der Waals surface area contributed by atoms with Crippen molar-refractivity contribution in [3.63, 3.8) is 0 Å². The second-order valence-corrected chi connectivity index (χ2v) is 13.2. The van der Waals surface area contributed by atoms with E-state index in [4.69, 9.17) is 9.47 Å². The first-order valence-corrected chi connectivity index (χ1v) is 15.0. The van der Waals surface area contributed by atoms with Gasteiger partial charge in [0.1, 0.15) is 5.75 Å². The van der Waals surface area contributed by atoms with Crippen molar-refractivity contribution in [1.29, 1.82) is 0 Å². The molecule has 0 aliphatic rings. The molecule has 2 atom stereocenters. The van der Waals surface area contributed by atoms with Gasteiger partial charge < -0.3 is 14.8 Å². The van der Waals surface area contributed by atoms with Crippen LogP contribution in [0.4, 0.5) is 0 Å². The highest BCUT2D eigenvalue weighted by atomic mass is 31.1. The molecular formula is C34H48NO2P. The minimum Gasteiger partial charge on any atom is -0.467 e. The van der Waals surface area contributed by atoms with Crippen molar-refractivity contribution in [1.82, 2.24) is 5.32 Å². The van der Waals surface area contributed by atoms with Gasteiger partial charge in [0.2, 0.25) is 0 Å². The number of rotatable bonds is 13. The van der Waals surface area contributed by atoms with E-state index in [-0.39, 0.29) is 17.4 Å². The first-order valence-electron chi connectivity index (χ1n) is 14.0. The van der Waals surface area contributed by atoms with E-state index in [1.54, 1.807) is 7.11 Å². The van der Waals surface area contributed by atoms with Crippen LogP contribution in [0.5, 0.6) is 5.75 Å². The summed E-state index contributed by atoms with van der Waals surface area (Å²) >= 11 is 0. The summed E-state index contributed by atoms with van der Waals surface area (Å²) in [4.78, 5) is 0. The summed E-state index contributed by atoms with van der Waals surface area (Å²) in [6, 6.07) is 22.2. The molecule has 3 aromatic carbocycles. The summed E-state index contributed by atoms with van der Waals surface area (Å²) < 4.78 is 11.7. The van der Waals surface area contributed by atoms with Crippen LogP contribution in [0.3, 0.4) is 0 Å². The molecule has 0 aliphatic carbocycles. The quantitative estimate of drug-likeness (QED) is 0.177. The maximum Gasteiger partial charge on any atom is 0.188 e. The van der Waals surface area contributed by atoms with E-state index in [2.05, 4.69) is 114 Å². The van der Waals surface area contributed by atoms with Crippen LogP contribution in [0.1, 0.15) is 87.3 Å². The van der Waals surface area contributed by atoms with Crippen LogP contribution >= 0.6 is 8.58 Å². The van der Waals surface area contributed by atoms with Gasteiger partial charge in [-0.1, -0.05) is 110 Å². The van der Waals surface area contributed by atoms with Crippen molar-refractivity contribution >= 4 is 13.9 Å². The molecule has 0 saturated heterocycles. The number of hydrogen-bond acceptors (Lipinski definition) is 3. The van der Waals surface area contributed by atoms with Crippen molar-refractivity contribution in [3.8, 4) is 5.75 Å². The Morgan fingerprint density at radius 1 is 0.868 bits per heavy atom. The first-order chi connectivity index (χ1) is 18.1. The Morgan fingerprint density at radius 3 is 2.24 bits per heavy atom. The van der Waals surface area contributed by atoms with Crippen molar-refractivity contribution in [2.24, 2.45) is 0 Å². The Labute approximate surface area is 233 Å². The predicted octanol–water partition coefficient (Wildman–Crippen LogP) is 8.28. The Kier molecular flexibility index (Phi) is 11.0. The van der Waals surface area contributed by atoms with Crippen molar-refractivity contribution in [2.45, 2.75) is 91.4 Å². The third-order valence-corrected chi connectivity index (χ3v) is 9.79. The third-order valence-electron chi connectivity index (χ3n) is 7.47. The van der Waals surface area contributed by atoms with Gasteiger partial charge in [0.15, 0.2) is 6.79 Å². The van der Waals surface area contributed by atoms with Gasteiger partial charge in [-0.3, -0.25) is 0 Å². The van der Waals surface area contributed by atoms with Gasteiger partial charge in [-0.2, -0.15) is 0 Å². The first kappa shape index (κ1) is 30.4. The molecule has 2 unspecified atom stereocenters. The van der Waals surface area contributed by atoms with E-state index in [0.29, 0.717) is 8.58 Å². The van der Waals surface area contributed by atoms with Crippen molar-refractivity contribution < 1.29 is 9.47 Å². The smallest absolute Gasteiger partial charge is 0.188 e. The molecule has 0 saturated carbocycles. The standard InChI is InChI=1S/C34H48NO2P/c1-9-19-34(10-2,30-21-29(33(5,6)7)20-26(4)31(30)37-24-36-8)38-32-25(3)15-14-18-28(32)23-35-22-27-16-12-11-13-17-27/h11-18,20-21,35,38H,9-10,19,22-24H2,1-8H3. The molecule has 0 fully saturated rings. The molecule has 1 N–H and O–H groups in total. The Morgan fingerprint density at radius 2 is 1.61 bits per heavy atom. The highest BCUT2D eigenvalue weighted by molar-refractivity contribution is 7.48. The van der Waals surface area contributed by atoms with E-state index >= 15 is 0 Å². The summed E-state index contributed by atoms with van der Waals surface area (Å²) in [6.07, 6.45) is 3.29. The number of ether oxygens (including phenoxy) is 2. The van der Waals surface area contributed by atoms with Gasteiger partial charge in [-0.05, 0) is 65.2 Å². The molecule has 0 aliphatic heterocycles. The molecular weight excluding hydrogens is 485 g/mol. The zero-order valence-corrected chi connectivity index (χ0v) is 25.8. The van der Waals surface area contributed by atoms with E-state index in [0.717, 1.165) is 38.1 Å². The number of nitrogens with one attached hydrogen (secondary N) is 1. The van der Waals surface area contributed by atoms with E-state index in [9.17, 15) is 0 Å². The lowest BCUT2D eigenvalue weighted by Gasteiger charge is -2.38. The molecule has 38 heavy (non-hydrogen) atoms. The summed E-state index contributed by atoms with van der Waals surface area (Å²) in [5.41, 5.74) is 8.04. The van der Waals surface area contributed by atoms with Crippen LogP contribution in [0.25, 0.3) is 0 Å². The highest BCUT2D eigenvalue weighted by Crippen LogP contribution is 2.53. The second kappa shape index (κ2) is 13.7. The Bertz CT molecular complexity index is 1170. The maximum atomic E-state index is 6.32. The molecule has 3 rings (SSSR count). The molecule has 0 heterocycles. The van der Waals surface area contributed by atoms with Crippen LogP contribution < -0.4 is 15.4 Å². The van der Waals surface area contributed by atoms with E-state index < -0.39 is 0 Å².